The lowest BCUT2D eigenvalue weighted by atomic mass is 9.95. The summed E-state index contributed by atoms with van der Waals surface area (Å²) >= 11 is 12.3. The SMILES string of the molecule is Clc1cnccc1CNC1CCCCC1Cl. The highest BCUT2D eigenvalue weighted by Gasteiger charge is 2.22. The Balaban J connectivity index is 1.89. The molecule has 0 saturated heterocycles. The first kappa shape index (κ1) is 12.2. The number of nitrogens with one attached hydrogen (secondary N) is 1. The maximum atomic E-state index is 6.28. The Morgan fingerprint density at radius 2 is 2.19 bits per heavy atom. The van der Waals surface area contributed by atoms with Crippen molar-refractivity contribution in [2.45, 2.75) is 43.6 Å². The predicted molar refractivity (Wildman–Crippen MR) is 68.0 cm³/mol. The third-order valence-electron chi connectivity index (χ3n) is 3.09. The molecule has 0 spiro atoms. The Morgan fingerprint density at radius 3 is 2.94 bits per heavy atom. The van der Waals surface area contributed by atoms with Gasteiger partial charge in [-0.3, -0.25) is 4.98 Å². The van der Waals surface area contributed by atoms with Crippen molar-refractivity contribution in [2.75, 3.05) is 0 Å². The molecule has 0 bridgehead atoms. The van der Waals surface area contributed by atoms with Gasteiger partial charge in [0.25, 0.3) is 0 Å². The molecule has 2 rings (SSSR count). The lowest BCUT2D eigenvalue weighted by Gasteiger charge is -2.28. The van der Waals surface area contributed by atoms with Crippen LogP contribution in [0.4, 0.5) is 0 Å². The molecule has 1 aliphatic rings. The van der Waals surface area contributed by atoms with Crippen molar-refractivity contribution >= 4 is 23.2 Å². The number of rotatable bonds is 3. The minimum Gasteiger partial charge on any atom is -0.308 e. The van der Waals surface area contributed by atoms with Crippen LogP contribution in [0.15, 0.2) is 18.5 Å². The average molecular weight is 259 g/mol. The highest BCUT2D eigenvalue weighted by atomic mass is 35.5. The van der Waals surface area contributed by atoms with Gasteiger partial charge < -0.3 is 5.32 Å². The van der Waals surface area contributed by atoms with Gasteiger partial charge in [-0.05, 0) is 24.5 Å². The van der Waals surface area contributed by atoms with Crippen molar-refractivity contribution in [1.29, 1.82) is 0 Å². The molecule has 16 heavy (non-hydrogen) atoms. The Labute approximate surface area is 106 Å². The lowest BCUT2D eigenvalue weighted by Crippen LogP contribution is -2.38. The van der Waals surface area contributed by atoms with E-state index in [-0.39, 0.29) is 5.38 Å². The van der Waals surface area contributed by atoms with Gasteiger partial charge in [-0.1, -0.05) is 24.4 Å². The second-order valence-electron chi connectivity index (χ2n) is 4.25. The van der Waals surface area contributed by atoms with Gasteiger partial charge in [0.15, 0.2) is 0 Å². The summed E-state index contributed by atoms with van der Waals surface area (Å²) in [4.78, 5) is 3.97. The third kappa shape index (κ3) is 3.09. The average Bonchev–Trinajstić information content (AvgIpc) is 2.30. The van der Waals surface area contributed by atoms with E-state index in [2.05, 4.69) is 10.3 Å². The van der Waals surface area contributed by atoms with E-state index in [0.717, 1.165) is 30.0 Å². The molecule has 2 unspecified atom stereocenters. The number of nitrogens with zero attached hydrogens (tertiary/aromatic N) is 1. The molecule has 1 N–H and O–H groups in total. The van der Waals surface area contributed by atoms with Crippen LogP contribution in [0.1, 0.15) is 31.2 Å². The minimum atomic E-state index is 0.259. The smallest absolute Gasteiger partial charge is 0.0634 e. The standard InChI is InChI=1S/C12H16Cl2N2/c13-10-3-1-2-4-12(10)16-7-9-5-6-15-8-11(9)14/h5-6,8,10,12,16H,1-4,7H2. The van der Waals surface area contributed by atoms with Crippen LogP contribution in [-0.2, 0) is 6.54 Å². The number of pyridine rings is 1. The van der Waals surface area contributed by atoms with Gasteiger partial charge in [0.2, 0.25) is 0 Å². The molecule has 4 heteroatoms. The first-order valence-corrected chi connectivity index (χ1v) is 6.54. The highest BCUT2D eigenvalue weighted by Crippen LogP contribution is 2.23. The topological polar surface area (TPSA) is 24.9 Å². The lowest BCUT2D eigenvalue weighted by molar-refractivity contribution is 0.378. The second kappa shape index (κ2) is 5.85. The first-order chi connectivity index (χ1) is 7.77. The summed E-state index contributed by atoms with van der Waals surface area (Å²) in [6.07, 6.45) is 8.24. The number of alkyl halides is 1. The van der Waals surface area contributed by atoms with Gasteiger partial charge in [0, 0.05) is 30.4 Å². The Hall–Kier alpha value is -0.310. The first-order valence-electron chi connectivity index (χ1n) is 5.73. The van der Waals surface area contributed by atoms with E-state index < -0.39 is 0 Å². The maximum absolute atomic E-state index is 6.28. The van der Waals surface area contributed by atoms with Crippen molar-refractivity contribution in [3.63, 3.8) is 0 Å². The van der Waals surface area contributed by atoms with E-state index in [9.17, 15) is 0 Å². The molecule has 2 atom stereocenters. The van der Waals surface area contributed by atoms with Crippen molar-refractivity contribution in [2.24, 2.45) is 0 Å². The van der Waals surface area contributed by atoms with E-state index in [0.29, 0.717) is 6.04 Å². The predicted octanol–water partition coefficient (Wildman–Crippen LogP) is 3.37. The fourth-order valence-electron chi connectivity index (χ4n) is 2.10. The molecule has 88 valence electrons. The van der Waals surface area contributed by atoms with Crippen molar-refractivity contribution in [3.8, 4) is 0 Å². The van der Waals surface area contributed by atoms with Crippen LogP contribution >= 0.6 is 23.2 Å². The Morgan fingerprint density at radius 1 is 1.38 bits per heavy atom. The summed E-state index contributed by atoms with van der Waals surface area (Å²) in [5.41, 5.74) is 1.09. The maximum Gasteiger partial charge on any atom is 0.0634 e. The van der Waals surface area contributed by atoms with Crippen LogP contribution < -0.4 is 5.32 Å². The zero-order chi connectivity index (χ0) is 11.4. The summed E-state index contributed by atoms with van der Waals surface area (Å²) in [6, 6.07) is 2.36. The molecule has 2 nitrogen and oxygen atoms in total. The largest absolute Gasteiger partial charge is 0.308 e. The molecule has 1 fully saturated rings. The van der Waals surface area contributed by atoms with E-state index in [1.165, 1.54) is 12.8 Å². The molecule has 1 aromatic rings. The fraction of sp³-hybridized carbons (Fsp3) is 0.583. The summed E-state index contributed by atoms with van der Waals surface area (Å²) < 4.78 is 0. The van der Waals surface area contributed by atoms with Crippen LogP contribution in [0.2, 0.25) is 5.02 Å². The van der Waals surface area contributed by atoms with Gasteiger partial charge in [0.1, 0.15) is 0 Å². The van der Waals surface area contributed by atoms with Crippen LogP contribution in [-0.4, -0.2) is 16.4 Å². The van der Waals surface area contributed by atoms with E-state index in [4.69, 9.17) is 23.2 Å². The number of halogens is 2. The zero-order valence-electron chi connectivity index (χ0n) is 9.13. The quantitative estimate of drug-likeness (QED) is 0.842. The molecule has 1 aliphatic carbocycles. The van der Waals surface area contributed by atoms with Crippen molar-refractivity contribution in [1.82, 2.24) is 10.3 Å². The molecule has 0 aliphatic heterocycles. The van der Waals surface area contributed by atoms with Gasteiger partial charge in [0.05, 0.1) is 5.02 Å². The van der Waals surface area contributed by atoms with Crippen LogP contribution in [0.3, 0.4) is 0 Å². The number of hydrogen-bond donors (Lipinski definition) is 1. The van der Waals surface area contributed by atoms with Crippen LogP contribution in [0.5, 0.6) is 0 Å². The second-order valence-corrected chi connectivity index (χ2v) is 5.22. The summed E-state index contributed by atoms with van der Waals surface area (Å²) in [5.74, 6) is 0. The third-order valence-corrected chi connectivity index (χ3v) is 3.96. The highest BCUT2D eigenvalue weighted by molar-refractivity contribution is 6.31. The van der Waals surface area contributed by atoms with Crippen LogP contribution in [0.25, 0.3) is 0 Å². The normalized spacial score (nSPS) is 25.6. The number of hydrogen-bond acceptors (Lipinski definition) is 2. The molecule has 0 aromatic carbocycles. The summed E-state index contributed by atoms with van der Waals surface area (Å²) in [5, 5.41) is 4.46. The molecule has 1 heterocycles. The van der Waals surface area contributed by atoms with E-state index in [1.54, 1.807) is 12.4 Å². The molecule has 1 saturated carbocycles. The van der Waals surface area contributed by atoms with Gasteiger partial charge in [-0.15, -0.1) is 11.6 Å². The fourth-order valence-corrected chi connectivity index (χ4v) is 2.66. The molecular formula is C12H16Cl2N2. The molecule has 0 amide bonds. The van der Waals surface area contributed by atoms with Crippen molar-refractivity contribution < 1.29 is 0 Å². The molecular weight excluding hydrogens is 243 g/mol. The van der Waals surface area contributed by atoms with Crippen molar-refractivity contribution in [3.05, 3.63) is 29.0 Å². The number of aromatic nitrogens is 1. The van der Waals surface area contributed by atoms with E-state index >= 15 is 0 Å². The van der Waals surface area contributed by atoms with Gasteiger partial charge in [-0.2, -0.15) is 0 Å². The van der Waals surface area contributed by atoms with Crippen LogP contribution in [0, 0.1) is 0 Å². The van der Waals surface area contributed by atoms with E-state index in [1.807, 2.05) is 6.07 Å². The zero-order valence-corrected chi connectivity index (χ0v) is 10.6. The summed E-state index contributed by atoms with van der Waals surface area (Å²) in [7, 11) is 0. The Bertz CT molecular complexity index is 344. The molecule has 0 radical (unpaired) electrons. The molecule has 1 aromatic heterocycles. The minimum absolute atomic E-state index is 0.259. The monoisotopic (exact) mass is 258 g/mol. The van der Waals surface area contributed by atoms with Gasteiger partial charge in [-0.25, -0.2) is 0 Å². The Kier molecular flexibility index (Phi) is 4.45. The summed E-state index contributed by atoms with van der Waals surface area (Å²) in [6.45, 7) is 0.773. The van der Waals surface area contributed by atoms with Gasteiger partial charge >= 0.3 is 0 Å².